The SMILES string of the molecule is CC(C)(C)n1c(-c2cc(Br)sc2Br)n[nH]c1=S. The summed E-state index contributed by atoms with van der Waals surface area (Å²) in [5, 5.41) is 7.19. The average Bonchev–Trinajstić information content (AvgIpc) is 2.68. The zero-order valence-corrected chi connectivity index (χ0v) is 14.3. The lowest BCUT2D eigenvalue weighted by molar-refractivity contribution is 0.395. The maximum atomic E-state index is 5.29. The highest BCUT2D eigenvalue weighted by atomic mass is 79.9. The molecule has 0 atom stereocenters. The van der Waals surface area contributed by atoms with Crippen LogP contribution >= 0.6 is 55.4 Å². The Labute approximate surface area is 126 Å². The Hall–Kier alpha value is 0.0200. The van der Waals surface area contributed by atoms with Crippen molar-refractivity contribution in [2.45, 2.75) is 26.3 Å². The van der Waals surface area contributed by atoms with Gasteiger partial charge in [0, 0.05) is 11.1 Å². The summed E-state index contributed by atoms with van der Waals surface area (Å²) in [5.74, 6) is 0.858. The van der Waals surface area contributed by atoms with Gasteiger partial charge in [0.15, 0.2) is 10.6 Å². The number of halogens is 2. The van der Waals surface area contributed by atoms with Gasteiger partial charge >= 0.3 is 0 Å². The van der Waals surface area contributed by atoms with Crippen LogP contribution in [0.5, 0.6) is 0 Å². The number of hydrogen-bond donors (Lipinski definition) is 1. The normalized spacial score (nSPS) is 12.1. The van der Waals surface area contributed by atoms with Gasteiger partial charge in [0.05, 0.1) is 7.57 Å². The molecule has 2 heterocycles. The first-order chi connectivity index (χ1) is 7.80. The lowest BCUT2D eigenvalue weighted by Gasteiger charge is -2.22. The predicted octanol–water partition coefficient (Wildman–Crippen LogP) is 4.95. The molecule has 2 aromatic rings. The van der Waals surface area contributed by atoms with E-state index in [4.69, 9.17) is 12.2 Å². The molecular weight excluding hydrogens is 386 g/mol. The van der Waals surface area contributed by atoms with Crippen LogP contribution in [0.15, 0.2) is 13.6 Å². The fourth-order valence-corrected chi connectivity index (χ4v) is 4.79. The van der Waals surface area contributed by atoms with Gasteiger partial charge in [0.25, 0.3) is 0 Å². The third-order valence-electron chi connectivity index (χ3n) is 2.24. The van der Waals surface area contributed by atoms with Crippen molar-refractivity contribution in [2.24, 2.45) is 0 Å². The molecular formula is C10H11Br2N3S2. The van der Waals surface area contributed by atoms with Gasteiger partial charge in [-0.25, -0.2) is 0 Å². The first-order valence-corrected chi connectivity index (χ1v) is 7.75. The monoisotopic (exact) mass is 395 g/mol. The van der Waals surface area contributed by atoms with Gasteiger partial charge in [-0.15, -0.1) is 11.3 Å². The number of H-pyrrole nitrogens is 1. The van der Waals surface area contributed by atoms with E-state index in [9.17, 15) is 0 Å². The van der Waals surface area contributed by atoms with Crippen molar-refractivity contribution in [3.8, 4) is 11.4 Å². The molecule has 0 saturated carbocycles. The molecule has 17 heavy (non-hydrogen) atoms. The maximum Gasteiger partial charge on any atom is 0.195 e. The van der Waals surface area contributed by atoms with Crippen molar-refractivity contribution in [1.82, 2.24) is 14.8 Å². The lowest BCUT2D eigenvalue weighted by atomic mass is 10.1. The van der Waals surface area contributed by atoms with E-state index in [0.29, 0.717) is 4.77 Å². The Kier molecular flexibility index (Phi) is 3.64. The molecule has 7 heteroatoms. The minimum absolute atomic E-state index is 0.104. The molecule has 0 aliphatic heterocycles. The maximum absolute atomic E-state index is 5.29. The van der Waals surface area contributed by atoms with Crippen LogP contribution in [0.3, 0.4) is 0 Å². The Balaban J connectivity index is 2.70. The van der Waals surface area contributed by atoms with Gasteiger partial charge in [0.1, 0.15) is 0 Å². The van der Waals surface area contributed by atoms with Crippen LogP contribution in [0.2, 0.25) is 0 Å². The van der Waals surface area contributed by atoms with Gasteiger partial charge in [0.2, 0.25) is 0 Å². The molecule has 1 N–H and O–H groups in total. The lowest BCUT2D eigenvalue weighted by Crippen LogP contribution is -2.22. The highest BCUT2D eigenvalue weighted by Gasteiger charge is 2.22. The molecule has 0 aromatic carbocycles. The van der Waals surface area contributed by atoms with Crippen LogP contribution in [0.4, 0.5) is 0 Å². The van der Waals surface area contributed by atoms with Crippen LogP contribution in [0, 0.1) is 4.77 Å². The van der Waals surface area contributed by atoms with Crippen molar-refractivity contribution < 1.29 is 0 Å². The minimum atomic E-state index is -0.104. The van der Waals surface area contributed by atoms with Crippen LogP contribution in [-0.2, 0) is 5.54 Å². The van der Waals surface area contributed by atoms with Gasteiger partial charge in [-0.05, 0) is 70.9 Å². The molecule has 2 rings (SSSR count). The Morgan fingerprint density at radius 2 is 2.06 bits per heavy atom. The molecule has 0 aliphatic carbocycles. The molecule has 2 aromatic heterocycles. The third kappa shape index (κ3) is 2.57. The van der Waals surface area contributed by atoms with Crippen LogP contribution in [0.1, 0.15) is 20.8 Å². The summed E-state index contributed by atoms with van der Waals surface area (Å²) in [6.45, 7) is 6.32. The first-order valence-electron chi connectivity index (χ1n) is 4.94. The molecule has 0 radical (unpaired) electrons. The van der Waals surface area contributed by atoms with Crippen molar-refractivity contribution in [3.63, 3.8) is 0 Å². The van der Waals surface area contributed by atoms with Gasteiger partial charge in [-0.1, -0.05) is 0 Å². The smallest absolute Gasteiger partial charge is 0.195 e. The van der Waals surface area contributed by atoms with Crippen LogP contribution in [-0.4, -0.2) is 14.8 Å². The molecule has 0 fully saturated rings. The molecule has 92 valence electrons. The van der Waals surface area contributed by atoms with E-state index in [1.807, 2.05) is 10.6 Å². The quantitative estimate of drug-likeness (QED) is 0.691. The van der Waals surface area contributed by atoms with Gasteiger partial charge in [-0.2, -0.15) is 5.10 Å². The Morgan fingerprint density at radius 1 is 1.41 bits per heavy atom. The Bertz CT molecular complexity index is 604. The summed E-state index contributed by atoms with van der Waals surface area (Å²) in [7, 11) is 0. The second kappa shape index (κ2) is 4.60. The number of nitrogens with one attached hydrogen (secondary N) is 1. The number of nitrogens with zero attached hydrogens (tertiary/aromatic N) is 2. The van der Waals surface area contributed by atoms with E-state index in [-0.39, 0.29) is 5.54 Å². The highest BCUT2D eigenvalue weighted by molar-refractivity contribution is 9.12. The van der Waals surface area contributed by atoms with Gasteiger partial charge in [-0.3, -0.25) is 9.67 Å². The van der Waals surface area contributed by atoms with Crippen LogP contribution in [0.25, 0.3) is 11.4 Å². The zero-order valence-electron chi connectivity index (χ0n) is 9.54. The van der Waals surface area contributed by atoms with E-state index in [0.717, 1.165) is 19.0 Å². The molecule has 0 bridgehead atoms. The molecule has 0 saturated heterocycles. The highest BCUT2D eigenvalue weighted by Crippen LogP contribution is 2.38. The van der Waals surface area contributed by atoms with E-state index >= 15 is 0 Å². The molecule has 0 unspecified atom stereocenters. The summed E-state index contributed by atoms with van der Waals surface area (Å²) in [6, 6.07) is 2.04. The van der Waals surface area contributed by atoms with E-state index < -0.39 is 0 Å². The Morgan fingerprint density at radius 3 is 2.53 bits per heavy atom. The van der Waals surface area contributed by atoms with Crippen molar-refractivity contribution >= 4 is 55.4 Å². The third-order valence-corrected chi connectivity index (χ3v) is 4.85. The molecule has 0 amide bonds. The fourth-order valence-electron chi connectivity index (χ4n) is 1.59. The number of aromatic nitrogens is 3. The molecule has 3 nitrogen and oxygen atoms in total. The average molecular weight is 397 g/mol. The van der Waals surface area contributed by atoms with Crippen molar-refractivity contribution in [2.75, 3.05) is 0 Å². The van der Waals surface area contributed by atoms with E-state index in [1.165, 1.54) is 0 Å². The van der Waals surface area contributed by atoms with E-state index in [2.05, 4.69) is 62.8 Å². The second-order valence-electron chi connectivity index (χ2n) is 4.60. The summed E-state index contributed by atoms with van der Waals surface area (Å²) < 4.78 is 4.78. The number of aromatic amines is 1. The molecule has 0 spiro atoms. The number of thiophene rings is 1. The molecule has 0 aliphatic rings. The second-order valence-corrected chi connectivity index (χ2v) is 8.73. The first kappa shape index (κ1) is 13.5. The van der Waals surface area contributed by atoms with Crippen LogP contribution < -0.4 is 0 Å². The standard InChI is InChI=1S/C10H11Br2N3S2/c1-10(2,3)15-8(13-14-9(15)16)5-4-6(11)17-7(5)12/h4H,1-3H3,(H,14,16). The minimum Gasteiger partial charge on any atom is -0.295 e. The zero-order chi connectivity index (χ0) is 12.8. The summed E-state index contributed by atoms with van der Waals surface area (Å²) >= 11 is 13.9. The number of hydrogen-bond acceptors (Lipinski definition) is 3. The topological polar surface area (TPSA) is 33.6 Å². The van der Waals surface area contributed by atoms with Crippen molar-refractivity contribution in [1.29, 1.82) is 0 Å². The summed E-state index contributed by atoms with van der Waals surface area (Å²) in [5.41, 5.74) is 0.942. The summed E-state index contributed by atoms with van der Waals surface area (Å²) in [4.78, 5) is 0. The van der Waals surface area contributed by atoms with Crippen molar-refractivity contribution in [3.05, 3.63) is 18.4 Å². The van der Waals surface area contributed by atoms with Gasteiger partial charge < -0.3 is 0 Å². The largest absolute Gasteiger partial charge is 0.295 e. The number of rotatable bonds is 1. The summed E-state index contributed by atoms with van der Waals surface area (Å²) in [6.07, 6.45) is 0. The fraction of sp³-hybridized carbons (Fsp3) is 0.400. The van der Waals surface area contributed by atoms with E-state index in [1.54, 1.807) is 11.3 Å². The predicted molar refractivity (Wildman–Crippen MR) is 81.1 cm³/mol.